The Morgan fingerprint density at radius 3 is 1.95 bits per heavy atom. The molecular weight excluding hydrogens is 627 g/mol. The first kappa shape index (κ1) is 40.0. The van der Waals surface area contributed by atoms with E-state index in [9.17, 15) is 4.79 Å². The molecule has 0 fully saturated rings. The Labute approximate surface area is 237 Å². The fourth-order valence-corrected chi connectivity index (χ4v) is 2.41. The number of hydrogen-bond acceptors (Lipinski definition) is 13. The number of aliphatic hydroxyl groups excluding tert-OH is 1. The predicted octanol–water partition coefficient (Wildman–Crippen LogP) is -5.94. The topological polar surface area (TPSA) is 257 Å². The average molecular weight is 651 g/mol. The molecule has 204 valence electrons. The number of halogens is 2. The van der Waals surface area contributed by atoms with Crippen LogP contribution in [-0.4, -0.2) is 55.9 Å². The maximum atomic E-state index is 12.2. The summed E-state index contributed by atoms with van der Waals surface area (Å²) >= 11 is 0. The summed E-state index contributed by atoms with van der Waals surface area (Å²) in [5.41, 5.74) is 2.57. The van der Waals surface area contributed by atoms with Crippen LogP contribution < -0.4 is 33.3 Å². The van der Waals surface area contributed by atoms with E-state index in [1.807, 2.05) is 60.5 Å². The molecule has 2 aromatic heterocycles. The molecule has 1 aromatic carbocycles. The van der Waals surface area contributed by atoms with Gasteiger partial charge in [0.2, 0.25) is 5.91 Å². The Hall–Kier alpha value is -1.53. The van der Waals surface area contributed by atoms with Crippen LogP contribution in [0.4, 0.5) is 5.69 Å². The van der Waals surface area contributed by atoms with Crippen LogP contribution in [0.2, 0.25) is 0 Å². The minimum absolute atomic E-state index is 0. The summed E-state index contributed by atoms with van der Waals surface area (Å²) in [7, 11) is -6.49. The zero-order valence-electron chi connectivity index (χ0n) is 19.2. The van der Waals surface area contributed by atoms with Crippen molar-refractivity contribution in [3.8, 4) is 0 Å². The van der Waals surface area contributed by atoms with Gasteiger partial charge in [0.15, 0.2) is 0 Å². The fraction of sp³-hybridized carbons (Fsp3) is 0.211. The number of hydrogen-bond donors (Lipinski definition) is 4. The minimum atomic E-state index is -4.69. The summed E-state index contributed by atoms with van der Waals surface area (Å²) in [6.45, 7) is 0.935. The number of benzene rings is 1. The number of pyridine rings is 2. The summed E-state index contributed by atoms with van der Waals surface area (Å²) in [5.74, 6) is -0.0567. The van der Waals surface area contributed by atoms with Gasteiger partial charge >= 0.3 is 34.1 Å². The van der Waals surface area contributed by atoms with Crippen LogP contribution in [0.25, 0.3) is 10.9 Å². The van der Waals surface area contributed by atoms with Crippen molar-refractivity contribution in [2.24, 2.45) is 0 Å². The molecule has 0 unspecified atom stereocenters. The van der Waals surface area contributed by atoms with Crippen LogP contribution in [0.15, 0.2) is 60.9 Å². The average Bonchev–Trinajstić information content (AvgIpc) is 2.73. The first-order valence-corrected chi connectivity index (χ1v) is 11.7. The summed E-state index contributed by atoms with van der Waals surface area (Å²) in [5, 5.41) is 11.0. The summed E-state index contributed by atoms with van der Waals surface area (Å²) in [6, 6.07) is 15.4. The van der Waals surface area contributed by atoms with Gasteiger partial charge in [0, 0.05) is 37.1 Å². The Kier molecular flexibility index (Phi) is 22.1. The molecule has 0 spiro atoms. The Morgan fingerprint density at radius 2 is 1.43 bits per heavy atom. The monoisotopic (exact) mass is 650 g/mol. The molecule has 0 aliphatic heterocycles. The van der Waals surface area contributed by atoms with Crippen molar-refractivity contribution in [3.05, 3.63) is 66.6 Å². The van der Waals surface area contributed by atoms with E-state index in [-0.39, 0.29) is 40.0 Å². The summed E-state index contributed by atoms with van der Waals surface area (Å²) in [4.78, 5) is 22.6. The number of nitrogens with zero attached hydrogens (tertiary/aromatic N) is 3. The Balaban J connectivity index is -0.000000702. The molecule has 2 heterocycles. The van der Waals surface area contributed by atoms with E-state index >= 15 is 0 Å². The second kappa shape index (κ2) is 20.4. The molecule has 0 saturated carbocycles. The van der Waals surface area contributed by atoms with Crippen LogP contribution in [0, 0.1) is 20.5 Å². The molecule has 14 nitrogen and oxygen atoms in total. The first-order valence-electron chi connectivity index (χ1n) is 9.15. The molecule has 3 aromatic rings. The smallest absolute Gasteiger partial charge is 0.400 e. The van der Waals surface area contributed by atoms with E-state index in [2.05, 4.69) is 15.3 Å². The van der Waals surface area contributed by atoms with Crippen LogP contribution in [-0.2, 0) is 45.5 Å². The third-order valence-electron chi connectivity index (χ3n) is 3.46. The van der Waals surface area contributed by atoms with E-state index in [1.165, 1.54) is 0 Å². The molecule has 4 N–H and O–H groups in total. The largest absolute Gasteiger partial charge is 3.00 e. The van der Waals surface area contributed by atoms with Gasteiger partial charge in [-0.2, -0.15) is 28.0 Å². The number of likely N-dealkylation sites (N-methyl/N-ethyl adjacent to an activating group) is 1. The van der Waals surface area contributed by atoms with Crippen LogP contribution in [0.3, 0.4) is 0 Å². The van der Waals surface area contributed by atoms with Gasteiger partial charge in [0.25, 0.3) is 0 Å². The van der Waals surface area contributed by atoms with Crippen LogP contribution >= 0.6 is 0 Å². The molecule has 0 atom stereocenters. The third kappa shape index (κ3) is 24.6. The van der Waals surface area contributed by atoms with Gasteiger partial charge in [0.1, 0.15) is 0 Å². The maximum absolute atomic E-state index is 12.2. The molecule has 18 heteroatoms. The van der Waals surface area contributed by atoms with Crippen molar-refractivity contribution in [2.45, 2.75) is 6.54 Å². The molecule has 3 rings (SSSR count). The van der Waals surface area contributed by atoms with E-state index in [1.54, 1.807) is 12.4 Å². The van der Waals surface area contributed by atoms with Crippen molar-refractivity contribution in [1.29, 1.82) is 0 Å². The van der Waals surface area contributed by atoms with Gasteiger partial charge in [0.05, 0.1) is 47.6 Å². The van der Waals surface area contributed by atoms with Crippen molar-refractivity contribution >= 4 is 22.5 Å². The van der Waals surface area contributed by atoms with Gasteiger partial charge in [-0.3, -0.25) is 19.7 Å². The standard InChI is InChI=1S/C18H18N4O.CH4O.2ClHO4.2Fe/c1-22(12-16-6-2-3-9-19-16)13-18(23)21-15-8-7-14-5-4-10-20-17(14)11-15;1-2;2*2-1(3,4)5;;/h2-11H,12-13H2,1H3,(H,21,23);2H,1H3;2*(H,2,3,4,5);;/q;;;;2*+3. The molecule has 1 amide bonds. The zero-order chi connectivity index (χ0) is 27.1. The van der Waals surface area contributed by atoms with Gasteiger partial charge in [-0.1, -0.05) is 18.2 Å². The summed E-state index contributed by atoms with van der Waals surface area (Å²) in [6.07, 6.45) is 3.50. The number of aromatic nitrogens is 2. The number of nitrogens with one attached hydrogen (secondary N) is 1. The number of aliphatic hydroxyl groups is 1. The maximum Gasteiger partial charge on any atom is 3.00 e. The Morgan fingerprint density at radius 1 is 0.892 bits per heavy atom. The molecule has 0 aliphatic carbocycles. The summed E-state index contributed by atoms with van der Waals surface area (Å²) < 4.78 is 65.4. The van der Waals surface area contributed by atoms with Crippen LogP contribution in [0.1, 0.15) is 5.69 Å². The normalized spacial score (nSPS) is 10.2. The first-order chi connectivity index (χ1) is 16.2. The van der Waals surface area contributed by atoms with E-state index < -0.39 is 20.5 Å². The van der Waals surface area contributed by atoms with Crippen LogP contribution in [0.5, 0.6) is 0 Å². The number of anilines is 1. The Bertz CT molecular complexity index is 991. The van der Waals surface area contributed by atoms with Gasteiger partial charge < -0.3 is 10.4 Å². The molecular formula is C19H24Cl2Fe2N4O10+6. The minimum Gasteiger partial charge on any atom is -0.400 e. The molecule has 2 radical (unpaired) electrons. The molecule has 0 saturated heterocycles. The van der Waals surface area contributed by atoms with Crippen molar-refractivity contribution in [2.75, 3.05) is 26.0 Å². The fourth-order valence-electron chi connectivity index (χ4n) is 2.41. The van der Waals surface area contributed by atoms with E-state index in [4.69, 9.17) is 42.4 Å². The number of carbonyl (C=O) groups is 1. The van der Waals surface area contributed by atoms with Crippen molar-refractivity contribution in [3.63, 3.8) is 0 Å². The van der Waals surface area contributed by atoms with Gasteiger partial charge in [-0.25, -0.2) is 0 Å². The number of fused-ring (bicyclic) bond motifs is 1. The molecule has 0 aliphatic rings. The SMILES string of the molecule is CN(CC(=O)Nc1ccc2cccnc2c1)Cc1ccccn1.CO.[Fe+3].[Fe+3].[O-][Cl+3]([O-])([O-])O.[O-][Cl+3]([O-])([O-])O. The second-order valence-corrected chi connectivity index (χ2v) is 7.83. The van der Waals surface area contributed by atoms with E-state index in [0.717, 1.165) is 29.4 Å². The number of carbonyl (C=O) groups excluding carboxylic acids is 1. The second-order valence-electron chi connectivity index (χ2n) is 6.24. The van der Waals surface area contributed by atoms with Crippen molar-refractivity contribution in [1.82, 2.24) is 14.9 Å². The van der Waals surface area contributed by atoms with Gasteiger partial charge in [-0.05, 0) is 37.4 Å². The molecule has 0 bridgehead atoms. The quantitative estimate of drug-likeness (QED) is 0.188. The number of rotatable bonds is 5. The van der Waals surface area contributed by atoms with Gasteiger partial charge in [-0.15, -0.1) is 0 Å². The molecule has 37 heavy (non-hydrogen) atoms. The van der Waals surface area contributed by atoms with Crippen molar-refractivity contribution < 1.29 is 102 Å². The third-order valence-corrected chi connectivity index (χ3v) is 3.46. The zero-order valence-corrected chi connectivity index (χ0v) is 22.9. The number of amides is 1. The van der Waals surface area contributed by atoms with E-state index in [0.29, 0.717) is 13.1 Å². The predicted molar refractivity (Wildman–Crippen MR) is 104 cm³/mol.